The molecule has 0 aliphatic carbocycles. The molecule has 92 valence electrons. The second kappa shape index (κ2) is 5.78. The summed E-state index contributed by atoms with van der Waals surface area (Å²) >= 11 is 3.37. The number of hydrogen-bond acceptors (Lipinski definition) is 4. The Bertz CT molecular complexity index is 417. The number of ether oxygens (including phenoxy) is 1. The third-order valence-electron chi connectivity index (χ3n) is 2.55. The van der Waals surface area contributed by atoms with Crippen molar-refractivity contribution >= 4 is 29.3 Å². The predicted octanol–water partition coefficient (Wildman–Crippen LogP) is 2.87. The number of rotatable bonds is 3. The van der Waals surface area contributed by atoms with E-state index in [9.17, 15) is 9.18 Å². The topological polar surface area (TPSA) is 26.3 Å². The number of hydrogen-bond donors (Lipinski definition) is 0. The van der Waals surface area contributed by atoms with Crippen LogP contribution in [0.4, 0.5) is 4.39 Å². The summed E-state index contributed by atoms with van der Waals surface area (Å²) in [5, 5.41) is -0.114. The molecular formula is C12H13FO2S2. The van der Waals surface area contributed by atoms with Crippen molar-refractivity contribution in [2.45, 2.75) is 5.25 Å². The Morgan fingerprint density at radius 2 is 2.29 bits per heavy atom. The van der Waals surface area contributed by atoms with Crippen molar-refractivity contribution in [1.29, 1.82) is 0 Å². The van der Waals surface area contributed by atoms with E-state index < -0.39 is 5.82 Å². The molecule has 0 aromatic heterocycles. The molecule has 0 spiro atoms. The van der Waals surface area contributed by atoms with Gasteiger partial charge < -0.3 is 4.74 Å². The molecular weight excluding hydrogens is 259 g/mol. The van der Waals surface area contributed by atoms with E-state index in [1.54, 1.807) is 29.6 Å². The molecule has 17 heavy (non-hydrogen) atoms. The minimum Gasteiger partial charge on any atom is -0.497 e. The molecule has 0 bridgehead atoms. The van der Waals surface area contributed by atoms with Gasteiger partial charge in [0.05, 0.1) is 17.9 Å². The molecule has 1 aliphatic rings. The average molecular weight is 272 g/mol. The summed E-state index contributed by atoms with van der Waals surface area (Å²) in [5.74, 6) is 2.63. The summed E-state index contributed by atoms with van der Waals surface area (Å²) in [6.07, 6.45) is 0. The maximum Gasteiger partial charge on any atom is 0.179 e. The molecule has 1 saturated heterocycles. The summed E-state index contributed by atoms with van der Waals surface area (Å²) in [6.45, 7) is 0. The highest BCUT2D eigenvalue weighted by Gasteiger charge is 2.25. The number of benzene rings is 1. The first-order chi connectivity index (χ1) is 8.22. The first-order valence-electron chi connectivity index (χ1n) is 5.29. The Kier molecular flexibility index (Phi) is 4.34. The van der Waals surface area contributed by atoms with Gasteiger partial charge in [-0.25, -0.2) is 4.39 Å². The van der Waals surface area contributed by atoms with Crippen LogP contribution in [0.1, 0.15) is 10.4 Å². The zero-order valence-corrected chi connectivity index (χ0v) is 11.1. The molecule has 0 N–H and O–H groups in total. The minimum atomic E-state index is -0.495. The Hall–Kier alpha value is -0.680. The fourth-order valence-corrected chi connectivity index (χ4v) is 4.26. The molecule has 1 atom stereocenters. The van der Waals surface area contributed by atoms with E-state index in [1.165, 1.54) is 19.2 Å². The summed E-state index contributed by atoms with van der Waals surface area (Å²) in [6, 6.07) is 4.39. The zero-order valence-electron chi connectivity index (χ0n) is 9.44. The van der Waals surface area contributed by atoms with Crippen LogP contribution in [0.25, 0.3) is 0 Å². The van der Waals surface area contributed by atoms with E-state index in [-0.39, 0.29) is 16.6 Å². The van der Waals surface area contributed by atoms with Crippen molar-refractivity contribution in [1.82, 2.24) is 0 Å². The number of ketones is 1. The molecule has 1 aromatic carbocycles. The Morgan fingerprint density at radius 1 is 1.47 bits per heavy atom. The fourth-order valence-electron chi connectivity index (χ4n) is 1.64. The molecule has 1 aliphatic heterocycles. The van der Waals surface area contributed by atoms with Gasteiger partial charge in [0.1, 0.15) is 11.6 Å². The highest BCUT2D eigenvalue weighted by Crippen LogP contribution is 2.28. The number of halogens is 1. The van der Waals surface area contributed by atoms with Gasteiger partial charge >= 0.3 is 0 Å². The van der Waals surface area contributed by atoms with Crippen molar-refractivity contribution in [2.75, 3.05) is 24.4 Å². The molecule has 0 radical (unpaired) electrons. The predicted molar refractivity (Wildman–Crippen MR) is 70.9 cm³/mol. The standard InChI is InChI=1S/C12H13FO2S2/c1-15-8-2-3-9(10(13)6-8)12(14)11-7-16-4-5-17-11/h2-3,6,11H,4-5,7H2,1H3. The van der Waals surface area contributed by atoms with Crippen molar-refractivity contribution < 1.29 is 13.9 Å². The highest BCUT2D eigenvalue weighted by molar-refractivity contribution is 8.07. The second-order valence-electron chi connectivity index (χ2n) is 3.64. The summed E-state index contributed by atoms with van der Waals surface area (Å²) in [5.41, 5.74) is 0.172. The number of thioether (sulfide) groups is 2. The van der Waals surface area contributed by atoms with Crippen LogP contribution in [0.2, 0.25) is 0 Å². The van der Waals surface area contributed by atoms with Crippen molar-refractivity contribution in [3.63, 3.8) is 0 Å². The molecule has 1 fully saturated rings. The Balaban J connectivity index is 2.18. The van der Waals surface area contributed by atoms with E-state index in [2.05, 4.69) is 0 Å². The lowest BCUT2D eigenvalue weighted by atomic mass is 10.1. The lowest BCUT2D eigenvalue weighted by Crippen LogP contribution is -2.25. The van der Waals surface area contributed by atoms with Gasteiger partial charge in [-0.1, -0.05) is 0 Å². The van der Waals surface area contributed by atoms with Crippen molar-refractivity contribution in [3.05, 3.63) is 29.6 Å². The molecule has 0 amide bonds. The highest BCUT2D eigenvalue weighted by atomic mass is 32.2. The number of Topliss-reactive ketones (excluding diaryl/α,β-unsaturated/α-hetero) is 1. The average Bonchev–Trinajstić information content (AvgIpc) is 2.39. The van der Waals surface area contributed by atoms with Crippen LogP contribution >= 0.6 is 23.5 Å². The fraction of sp³-hybridized carbons (Fsp3) is 0.417. The third kappa shape index (κ3) is 2.96. The lowest BCUT2D eigenvalue weighted by Gasteiger charge is -2.19. The van der Waals surface area contributed by atoms with Gasteiger partial charge in [0, 0.05) is 23.3 Å². The monoisotopic (exact) mass is 272 g/mol. The second-order valence-corrected chi connectivity index (χ2v) is 6.10. The van der Waals surface area contributed by atoms with Crippen molar-refractivity contribution in [2.24, 2.45) is 0 Å². The van der Waals surface area contributed by atoms with Gasteiger partial charge in [0.15, 0.2) is 5.78 Å². The van der Waals surface area contributed by atoms with Gasteiger partial charge in [0.2, 0.25) is 0 Å². The SMILES string of the molecule is COc1ccc(C(=O)C2CSCCS2)c(F)c1. The zero-order chi connectivity index (χ0) is 12.3. The maximum atomic E-state index is 13.7. The van der Waals surface area contributed by atoms with Crippen LogP contribution in [0.15, 0.2) is 18.2 Å². The van der Waals surface area contributed by atoms with Crippen LogP contribution in [0, 0.1) is 5.82 Å². The number of carbonyl (C=O) groups is 1. The van der Waals surface area contributed by atoms with Gasteiger partial charge in [-0.2, -0.15) is 11.8 Å². The largest absolute Gasteiger partial charge is 0.497 e. The van der Waals surface area contributed by atoms with Gasteiger partial charge in [-0.3, -0.25) is 4.79 Å². The summed E-state index contributed by atoms with van der Waals surface area (Å²) in [4.78, 5) is 12.1. The van der Waals surface area contributed by atoms with Gasteiger partial charge in [-0.05, 0) is 12.1 Å². The molecule has 1 heterocycles. The van der Waals surface area contributed by atoms with E-state index in [0.717, 1.165) is 17.3 Å². The Morgan fingerprint density at radius 3 is 2.88 bits per heavy atom. The van der Waals surface area contributed by atoms with E-state index in [1.807, 2.05) is 0 Å². The smallest absolute Gasteiger partial charge is 0.179 e. The van der Waals surface area contributed by atoms with Crippen LogP contribution in [0.3, 0.4) is 0 Å². The third-order valence-corrected chi connectivity index (χ3v) is 5.30. The van der Waals surface area contributed by atoms with Gasteiger partial charge in [0.25, 0.3) is 0 Å². The Labute approximate surface area is 108 Å². The summed E-state index contributed by atoms with van der Waals surface area (Å²) in [7, 11) is 1.48. The lowest BCUT2D eigenvalue weighted by molar-refractivity contribution is 0.0991. The molecule has 2 nitrogen and oxygen atoms in total. The number of methoxy groups -OCH3 is 1. The molecule has 1 unspecified atom stereocenters. The minimum absolute atomic E-state index is 0.109. The molecule has 1 aromatic rings. The van der Waals surface area contributed by atoms with Crippen LogP contribution in [0.5, 0.6) is 5.75 Å². The summed E-state index contributed by atoms with van der Waals surface area (Å²) < 4.78 is 18.6. The molecule has 2 rings (SSSR count). The van der Waals surface area contributed by atoms with Crippen LogP contribution in [-0.4, -0.2) is 35.4 Å². The first-order valence-corrected chi connectivity index (χ1v) is 7.50. The van der Waals surface area contributed by atoms with Crippen LogP contribution < -0.4 is 4.74 Å². The molecule has 5 heteroatoms. The first kappa shape index (κ1) is 12.8. The van der Waals surface area contributed by atoms with Crippen molar-refractivity contribution in [3.8, 4) is 5.75 Å². The molecule has 0 saturated carbocycles. The normalized spacial score (nSPS) is 20.0. The van der Waals surface area contributed by atoms with Crippen LogP contribution in [-0.2, 0) is 0 Å². The van der Waals surface area contributed by atoms with E-state index in [4.69, 9.17) is 4.74 Å². The number of carbonyl (C=O) groups excluding carboxylic acids is 1. The van der Waals surface area contributed by atoms with Gasteiger partial charge in [-0.15, -0.1) is 11.8 Å². The van der Waals surface area contributed by atoms with E-state index >= 15 is 0 Å². The van der Waals surface area contributed by atoms with E-state index in [0.29, 0.717) is 5.75 Å². The quantitative estimate of drug-likeness (QED) is 0.790. The maximum absolute atomic E-state index is 13.7.